The lowest BCUT2D eigenvalue weighted by molar-refractivity contribution is 0.197. The molecule has 0 aliphatic rings. The SMILES string of the molecule is CC(C)c1cnccc1C(C)O. The van der Waals surface area contributed by atoms with E-state index in [1.54, 1.807) is 13.1 Å². The molecule has 2 nitrogen and oxygen atoms in total. The Morgan fingerprint density at radius 3 is 2.33 bits per heavy atom. The molecule has 2 heteroatoms. The van der Waals surface area contributed by atoms with Crippen LogP contribution in [0.3, 0.4) is 0 Å². The lowest BCUT2D eigenvalue weighted by Gasteiger charge is -2.13. The second-order valence-corrected chi connectivity index (χ2v) is 3.34. The maximum Gasteiger partial charge on any atom is 0.0765 e. The van der Waals surface area contributed by atoms with E-state index in [-0.39, 0.29) is 0 Å². The maximum atomic E-state index is 9.43. The van der Waals surface area contributed by atoms with Crippen LogP contribution in [0, 0.1) is 0 Å². The van der Waals surface area contributed by atoms with Gasteiger partial charge >= 0.3 is 0 Å². The first-order chi connectivity index (χ1) is 5.63. The Bertz CT molecular complexity index is 229. The quantitative estimate of drug-likeness (QED) is 0.729. The van der Waals surface area contributed by atoms with Crippen molar-refractivity contribution in [2.45, 2.75) is 32.8 Å². The highest BCUT2D eigenvalue weighted by Gasteiger charge is 2.09. The standard InChI is InChI=1S/C10H15NO/c1-7(2)10-6-11-5-4-9(10)8(3)12/h4-8,12H,1-3H3. The van der Waals surface area contributed by atoms with Gasteiger partial charge in [0.25, 0.3) is 0 Å². The summed E-state index contributed by atoms with van der Waals surface area (Å²) in [5.41, 5.74) is 2.12. The summed E-state index contributed by atoms with van der Waals surface area (Å²) in [4.78, 5) is 4.04. The highest BCUT2D eigenvalue weighted by atomic mass is 16.3. The molecule has 1 atom stereocenters. The Hall–Kier alpha value is -0.890. The molecular formula is C10H15NO. The lowest BCUT2D eigenvalue weighted by Crippen LogP contribution is -2.00. The molecule has 0 saturated heterocycles. The Kier molecular flexibility index (Phi) is 2.82. The second-order valence-electron chi connectivity index (χ2n) is 3.34. The van der Waals surface area contributed by atoms with E-state index in [1.807, 2.05) is 12.3 Å². The van der Waals surface area contributed by atoms with Crippen LogP contribution in [0.2, 0.25) is 0 Å². The number of aliphatic hydroxyl groups is 1. The molecule has 0 saturated carbocycles. The smallest absolute Gasteiger partial charge is 0.0765 e. The molecule has 1 aromatic rings. The summed E-state index contributed by atoms with van der Waals surface area (Å²) in [5.74, 6) is 0.420. The molecule has 0 radical (unpaired) electrons. The van der Waals surface area contributed by atoms with Gasteiger partial charge in [0.05, 0.1) is 6.10 Å². The monoisotopic (exact) mass is 165 g/mol. The molecule has 0 spiro atoms. The number of rotatable bonds is 2. The fraction of sp³-hybridized carbons (Fsp3) is 0.500. The lowest BCUT2D eigenvalue weighted by atomic mass is 9.97. The normalized spacial score (nSPS) is 13.4. The summed E-state index contributed by atoms with van der Waals surface area (Å²) in [7, 11) is 0. The fourth-order valence-electron chi connectivity index (χ4n) is 1.28. The Balaban J connectivity index is 3.09. The van der Waals surface area contributed by atoms with E-state index in [0.717, 1.165) is 11.1 Å². The summed E-state index contributed by atoms with van der Waals surface area (Å²) in [6.45, 7) is 5.98. The Morgan fingerprint density at radius 2 is 1.92 bits per heavy atom. The van der Waals surface area contributed by atoms with Crippen molar-refractivity contribution in [2.75, 3.05) is 0 Å². The van der Waals surface area contributed by atoms with E-state index in [0.29, 0.717) is 5.92 Å². The van der Waals surface area contributed by atoms with Crippen LogP contribution in [0.25, 0.3) is 0 Å². The van der Waals surface area contributed by atoms with Crippen LogP contribution < -0.4 is 0 Å². The van der Waals surface area contributed by atoms with Crippen LogP contribution in [-0.4, -0.2) is 10.1 Å². The first-order valence-electron chi connectivity index (χ1n) is 4.24. The molecule has 1 N–H and O–H groups in total. The van der Waals surface area contributed by atoms with Crippen LogP contribution in [-0.2, 0) is 0 Å². The fourth-order valence-corrected chi connectivity index (χ4v) is 1.28. The van der Waals surface area contributed by atoms with E-state index in [4.69, 9.17) is 0 Å². The van der Waals surface area contributed by atoms with Crippen molar-refractivity contribution in [1.82, 2.24) is 4.98 Å². The third kappa shape index (κ3) is 1.83. The number of pyridine rings is 1. The maximum absolute atomic E-state index is 9.43. The zero-order valence-corrected chi connectivity index (χ0v) is 7.78. The molecule has 0 aromatic carbocycles. The number of hydrogen-bond donors (Lipinski definition) is 1. The first kappa shape index (κ1) is 9.20. The van der Waals surface area contributed by atoms with E-state index < -0.39 is 6.10 Å². The van der Waals surface area contributed by atoms with Gasteiger partial charge in [-0.25, -0.2) is 0 Å². The van der Waals surface area contributed by atoms with Gasteiger partial charge in [0.1, 0.15) is 0 Å². The topological polar surface area (TPSA) is 33.1 Å². The van der Waals surface area contributed by atoms with Crippen LogP contribution in [0.5, 0.6) is 0 Å². The summed E-state index contributed by atoms with van der Waals surface area (Å²) in [6, 6.07) is 1.88. The average molecular weight is 165 g/mol. The average Bonchev–Trinajstić information content (AvgIpc) is 2.04. The predicted molar refractivity (Wildman–Crippen MR) is 49.0 cm³/mol. The van der Waals surface area contributed by atoms with Gasteiger partial charge in [-0.1, -0.05) is 13.8 Å². The summed E-state index contributed by atoms with van der Waals surface area (Å²) >= 11 is 0. The van der Waals surface area contributed by atoms with Crippen LogP contribution in [0.15, 0.2) is 18.5 Å². The van der Waals surface area contributed by atoms with Crippen molar-refractivity contribution in [3.05, 3.63) is 29.6 Å². The van der Waals surface area contributed by atoms with Crippen molar-refractivity contribution in [2.24, 2.45) is 0 Å². The predicted octanol–water partition coefficient (Wildman–Crippen LogP) is 2.26. The van der Waals surface area contributed by atoms with Crippen LogP contribution in [0.1, 0.15) is 43.9 Å². The van der Waals surface area contributed by atoms with Gasteiger partial charge in [0, 0.05) is 12.4 Å². The molecule has 0 amide bonds. The van der Waals surface area contributed by atoms with Crippen LogP contribution in [0.4, 0.5) is 0 Å². The van der Waals surface area contributed by atoms with Gasteiger partial charge in [-0.05, 0) is 30.0 Å². The molecule has 1 unspecified atom stereocenters. The molecule has 12 heavy (non-hydrogen) atoms. The minimum absolute atomic E-state index is 0.398. The van der Waals surface area contributed by atoms with Gasteiger partial charge in [-0.2, -0.15) is 0 Å². The van der Waals surface area contributed by atoms with Crippen LogP contribution >= 0.6 is 0 Å². The van der Waals surface area contributed by atoms with Crippen molar-refractivity contribution in [1.29, 1.82) is 0 Å². The van der Waals surface area contributed by atoms with E-state index in [9.17, 15) is 5.11 Å². The molecule has 0 aliphatic heterocycles. The minimum atomic E-state index is -0.398. The highest BCUT2D eigenvalue weighted by molar-refractivity contribution is 5.27. The summed E-state index contributed by atoms with van der Waals surface area (Å²) in [6.07, 6.45) is 3.14. The van der Waals surface area contributed by atoms with E-state index in [1.165, 1.54) is 0 Å². The van der Waals surface area contributed by atoms with Crippen molar-refractivity contribution >= 4 is 0 Å². The van der Waals surface area contributed by atoms with Gasteiger partial charge < -0.3 is 5.11 Å². The highest BCUT2D eigenvalue weighted by Crippen LogP contribution is 2.23. The van der Waals surface area contributed by atoms with Gasteiger partial charge in [0.2, 0.25) is 0 Å². The minimum Gasteiger partial charge on any atom is -0.389 e. The third-order valence-corrected chi connectivity index (χ3v) is 1.96. The number of nitrogens with zero attached hydrogens (tertiary/aromatic N) is 1. The van der Waals surface area contributed by atoms with E-state index >= 15 is 0 Å². The zero-order valence-electron chi connectivity index (χ0n) is 7.78. The molecule has 1 rings (SSSR count). The first-order valence-corrected chi connectivity index (χ1v) is 4.24. The molecule has 0 aliphatic carbocycles. The van der Waals surface area contributed by atoms with Gasteiger partial charge in [-0.15, -0.1) is 0 Å². The molecular weight excluding hydrogens is 150 g/mol. The van der Waals surface area contributed by atoms with Crippen molar-refractivity contribution in [3.63, 3.8) is 0 Å². The Morgan fingerprint density at radius 1 is 1.25 bits per heavy atom. The summed E-state index contributed by atoms with van der Waals surface area (Å²) < 4.78 is 0. The van der Waals surface area contributed by atoms with Crippen molar-refractivity contribution < 1.29 is 5.11 Å². The molecule has 0 fully saturated rings. The number of aromatic nitrogens is 1. The largest absolute Gasteiger partial charge is 0.389 e. The number of hydrogen-bond acceptors (Lipinski definition) is 2. The van der Waals surface area contributed by atoms with E-state index in [2.05, 4.69) is 18.8 Å². The Labute approximate surface area is 73.3 Å². The molecule has 1 heterocycles. The van der Waals surface area contributed by atoms with Gasteiger partial charge in [0.15, 0.2) is 0 Å². The number of aliphatic hydroxyl groups excluding tert-OH is 1. The summed E-state index contributed by atoms with van der Waals surface area (Å²) in [5, 5.41) is 9.43. The molecule has 66 valence electrons. The third-order valence-electron chi connectivity index (χ3n) is 1.96. The van der Waals surface area contributed by atoms with Crippen molar-refractivity contribution in [3.8, 4) is 0 Å². The zero-order chi connectivity index (χ0) is 9.14. The molecule has 0 bridgehead atoms. The molecule has 1 aromatic heterocycles. The second kappa shape index (κ2) is 3.68. The van der Waals surface area contributed by atoms with Gasteiger partial charge in [-0.3, -0.25) is 4.98 Å².